The Morgan fingerprint density at radius 2 is 1.88 bits per heavy atom. The van der Waals surface area contributed by atoms with Crippen molar-refractivity contribution in [2.75, 3.05) is 0 Å². The first-order valence-electron chi connectivity index (χ1n) is 11.2. The molecule has 0 fully saturated rings. The Labute approximate surface area is 200 Å². The molecule has 7 heteroatoms. The third-order valence-corrected chi connectivity index (χ3v) is 8.04. The molecule has 0 aromatic heterocycles. The molecule has 0 bridgehead atoms. The Morgan fingerprint density at radius 3 is 2.50 bits per heavy atom. The quantitative estimate of drug-likeness (QED) is 0.168. The lowest BCUT2D eigenvalue weighted by Gasteiger charge is -2.15. The number of nitriles is 1. The van der Waals surface area contributed by atoms with Crippen LogP contribution in [0.15, 0.2) is 31.7 Å². The molecule has 1 aliphatic rings. The van der Waals surface area contributed by atoms with Crippen molar-refractivity contribution in [2.45, 2.75) is 95.0 Å². The highest BCUT2D eigenvalue weighted by Gasteiger charge is 2.29. The van der Waals surface area contributed by atoms with Crippen LogP contribution in [0.3, 0.4) is 0 Å². The summed E-state index contributed by atoms with van der Waals surface area (Å²) in [6.07, 6.45) is 4.57. The lowest BCUT2D eigenvalue weighted by atomic mass is 9.99. The van der Waals surface area contributed by atoms with Gasteiger partial charge in [0.1, 0.15) is 17.4 Å². The maximum absolute atomic E-state index is 12.7. The number of allylic oxidation sites excluding steroid dienone is 1. The smallest absolute Gasteiger partial charge is 0.311 e. The molecule has 1 N–H and O–H groups in total. The molecule has 5 nitrogen and oxygen atoms in total. The summed E-state index contributed by atoms with van der Waals surface area (Å²) in [6.45, 7) is 9.65. The van der Waals surface area contributed by atoms with Crippen LogP contribution >= 0.6 is 23.5 Å². The van der Waals surface area contributed by atoms with Crippen molar-refractivity contribution in [3.8, 4) is 11.8 Å². The molecule has 0 radical (unpaired) electrons. The standard InChI is InChI=1S/C25H33NO4S2/c1-6-8-16(2)10-13-21(28)30-20-12-11-17(3)22-23(20)32-24(31-22)18(15-26)19(27)9-7-14-25(4,5)29/h11-12,16,29H,6-10,13-14H2,1-5H3/b24-18-. The summed E-state index contributed by atoms with van der Waals surface area (Å²) in [5, 5.41) is 19.5. The zero-order chi connectivity index (χ0) is 23.9. The van der Waals surface area contributed by atoms with Crippen LogP contribution < -0.4 is 4.74 Å². The summed E-state index contributed by atoms with van der Waals surface area (Å²) in [5.74, 6) is 0.486. The van der Waals surface area contributed by atoms with Crippen LogP contribution in [0.1, 0.15) is 78.2 Å². The van der Waals surface area contributed by atoms with E-state index in [-0.39, 0.29) is 23.7 Å². The van der Waals surface area contributed by atoms with Crippen molar-refractivity contribution in [3.63, 3.8) is 0 Å². The van der Waals surface area contributed by atoms with Crippen molar-refractivity contribution < 1.29 is 19.4 Å². The minimum absolute atomic E-state index is 0.136. The number of hydrogen-bond acceptors (Lipinski definition) is 7. The van der Waals surface area contributed by atoms with E-state index in [1.165, 1.54) is 23.5 Å². The Kier molecular flexibility index (Phi) is 9.87. The molecule has 2 rings (SSSR count). The molecule has 1 aliphatic heterocycles. The number of rotatable bonds is 11. The van der Waals surface area contributed by atoms with Crippen molar-refractivity contribution >= 4 is 35.3 Å². The predicted octanol–water partition coefficient (Wildman–Crippen LogP) is 6.56. The van der Waals surface area contributed by atoms with Gasteiger partial charge in [-0.25, -0.2) is 0 Å². The van der Waals surface area contributed by atoms with Gasteiger partial charge in [0.15, 0.2) is 5.78 Å². The van der Waals surface area contributed by atoms with Gasteiger partial charge in [0.25, 0.3) is 0 Å². The molecule has 0 amide bonds. The number of carbonyl (C=O) groups is 2. The van der Waals surface area contributed by atoms with Crippen molar-refractivity contribution in [3.05, 3.63) is 27.5 Å². The number of fused-ring (bicyclic) bond motifs is 1. The summed E-state index contributed by atoms with van der Waals surface area (Å²) in [5.41, 5.74) is 0.310. The number of ether oxygens (including phenoxy) is 1. The van der Waals surface area contributed by atoms with E-state index in [1.54, 1.807) is 19.9 Å². The predicted molar refractivity (Wildman–Crippen MR) is 130 cm³/mol. The first kappa shape index (κ1) is 26.5. The Balaban J connectivity index is 2.14. The van der Waals surface area contributed by atoms with Gasteiger partial charge >= 0.3 is 5.97 Å². The molecule has 1 aromatic carbocycles. The Hall–Kier alpha value is -1.75. The van der Waals surface area contributed by atoms with Crippen LogP contribution in [0.5, 0.6) is 5.75 Å². The largest absolute Gasteiger partial charge is 0.425 e. The van der Waals surface area contributed by atoms with Gasteiger partial charge in [-0.15, -0.1) is 0 Å². The van der Waals surface area contributed by atoms with Gasteiger partial charge in [-0.2, -0.15) is 5.26 Å². The van der Waals surface area contributed by atoms with Crippen molar-refractivity contribution in [1.29, 1.82) is 5.26 Å². The van der Waals surface area contributed by atoms with Gasteiger partial charge in [0.05, 0.1) is 14.7 Å². The second kappa shape index (κ2) is 11.9. The zero-order valence-electron chi connectivity index (χ0n) is 19.6. The number of thioether (sulfide) groups is 2. The van der Waals surface area contributed by atoms with E-state index in [2.05, 4.69) is 19.9 Å². The number of aliphatic hydroxyl groups is 1. The van der Waals surface area contributed by atoms with Gasteiger partial charge in [0.2, 0.25) is 0 Å². The first-order valence-corrected chi connectivity index (χ1v) is 12.8. The van der Waals surface area contributed by atoms with E-state index in [0.29, 0.717) is 35.2 Å². The van der Waals surface area contributed by atoms with E-state index in [9.17, 15) is 20.0 Å². The second-order valence-electron chi connectivity index (χ2n) is 9.01. The lowest BCUT2D eigenvalue weighted by Crippen LogP contribution is -2.18. The number of Topliss-reactive ketones (excluding diaryl/α,β-unsaturated/α-hetero) is 1. The third-order valence-electron chi connectivity index (χ3n) is 5.30. The molecule has 32 heavy (non-hydrogen) atoms. The minimum atomic E-state index is -0.836. The monoisotopic (exact) mass is 475 g/mol. The summed E-state index contributed by atoms with van der Waals surface area (Å²) >= 11 is 2.71. The molecule has 1 atom stereocenters. The molecule has 1 unspecified atom stereocenters. The van der Waals surface area contributed by atoms with E-state index < -0.39 is 5.60 Å². The summed E-state index contributed by atoms with van der Waals surface area (Å²) in [7, 11) is 0. The average Bonchev–Trinajstić information content (AvgIpc) is 3.14. The summed E-state index contributed by atoms with van der Waals surface area (Å²) in [6, 6.07) is 5.75. The molecule has 0 saturated carbocycles. The fraction of sp³-hybridized carbons (Fsp3) is 0.560. The lowest BCUT2D eigenvalue weighted by molar-refractivity contribution is -0.134. The molecule has 0 spiro atoms. The third kappa shape index (κ3) is 7.68. The number of esters is 1. The van der Waals surface area contributed by atoms with Gasteiger partial charge in [0, 0.05) is 17.7 Å². The minimum Gasteiger partial charge on any atom is -0.425 e. The van der Waals surface area contributed by atoms with Gasteiger partial charge in [-0.3, -0.25) is 9.59 Å². The molecule has 1 heterocycles. The van der Waals surface area contributed by atoms with Gasteiger partial charge in [-0.1, -0.05) is 56.3 Å². The van der Waals surface area contributed by atoms with Crippen LogP contribution in [0.25, 0.3) is 0 Å². The number of ketones is 1. The van der Waals surface area contributed by atoms with Crippen LogP contribution in [0.2, 0.25) is 0 Å². The number of benzene rings is 1. The van der Waals surface area contributed by atoms with Crippen molar-refractivity contribution in [1.82, 2.24) is 0 Å². The van der Waals surface area contributed by atoms with E-state index >= 15 is 0 Å². The highest BCUT2D eigenvalue weighted by atomic mass is 32.2. The van der Waals surface area contributed by atoms with Gasteiger partial charge in [-0.05, 0) is 57.6 Å². The maximum Gasteiger partial charge on any atom is 0.311 e. The molecule has 1 aromatic rings. The van der Waals surface area contributed by atoms with E-state index in [4.69, 9.17) is 4.74 Å². The Morgan fingerprint density at radius 1 is 1.19 bits per heavy atom. The fourth-order valence-corrected chi connectivity index (χ4v) is 6.16. The maximum atomic E-state index is 12.7. The second-order valence-corrected chi connectivity index (χ2v) is 11.3. The van der Waals surface area contributed by atoms with Crippen LogP contribution in [-0.4, -0.2) is 22.5 Å². The summed E-state index contributed by atoms with van der Waals surface area (Å²) in [4.78, 5) is 26.8. The molecule has 0 aliphatic carbocycles. The SMILES string of the molecule is CCCC(C)CCC(=O)Oc1ccc(C)c2c1S/C(=C(/C#N)C(=O)CCCC(C)(C)O)S2. The highest BCUT2D eigenvalue weighted by molar-refractivity contribution is 8.24. The van der Waals surface area contributed by atoms with Gasteiger partial charge < -0.3 is 9.84 Å². The molecule has 0 saturated heterocycles. The number of aryl methyl sites for hydroxylation is 1. The zero-order valence-corrected chi connectivity index (χ0v) is 21.3. The molecular weight excluding hydrogens is 442 g/mol. The highest BCUT2D eigenvalue weighted by Crippen LogP contribution is 2.57. The van der Waals surface area contributed by atoms with Crippen LogP contribution in [0, 0.1) is 24.2 Å². The number of carbonyl (C=O) groups excluding carboxylic acids is 2. The average molecular weight is 476 g/mol. The van der Waals surface area contributed by atoms with E-state index in [1.807, 2.05) is 13.0 Å². The molecular formula is C25H33NO4S2. The first-order chi connectivity index (χ1) is 15.1. The normalized spacial score (nSPS) is 15.7. The van der Waals surface area contributed by atoms with E-state index in [0.717, 1.165) is 34.6 Å². The topological polar surface area (TPSA) is 87.4 Å². The Bertz CT molecular complexity index is 925. The van der Waals surface area contributed by atoms with Crippen LogP contribution in [-0.2, 0) is 9.59 Å². The number of nitrogens with zero attached hydrogens (tertiary/aromatic N) is 1. The fourth-order valence-electron chi connectivity index (χ4n) is 3.46. The van der Waals surface area contributed by atoms with Crippen LogP contribution in [0.4, 0.5) is 0 Å². The summed E-state index contributed by atoms with van der Waals surface area (Å²) < 4.78 is 6.30. The number of hydrogen-bond donors (Lipinski definition) is 1. The molecule has 174 valence electrons. The van der Waals surface area contributed by atoms with Crippen molar-refractivity contribution in [2.24, 2.45) is 5.92 Å².